The number of carbonyl (C=O) groups is 1. The Morgan fingerprint density at radius 3 is 2.35 bits per heavy atom. The van der Waals surface area contributed by atoms with Crippen molar-refractivity contribution in [3.8, 4) is 0 Å². The predicted octanol–water partition coefficient (Wildman–Crippen LogP) is 4.46. The quantitative estimate of drug-likeness (QED) is 0.258. The predicted molar refractivity (Wildman–Crippen MR) is 92.4 cm³/mol. The van der Waals surface area contributed by atoms with E-state index in [0.717, 1.165) is 12.5 Å². The van der Waals surface area contributed by atoms with E-state index in [1.165, 1.54) is 18.9 Å². The van der Waals surface area contributed by atoms with E-state index in [4.69, 9.17) is 8.85 Å². The van der Waals surface area contributed by atoms with Gasteiger partial charge in [-0.2, -0.15) is 0 Å². The summed E-state index contributed by atoms with van der Waals surface area (Å²) in [6.07, 6.45) is 3.41. The van der Waals surface area contributed by atoms with E-state index >= 15 is 0 Å². The SMILES string of the molecule is C=C(C)C(=O)OCCC[Si](C)(C)O[SiH-](C)(C)CCCC. The van der Waals surface area contributed by atoms with Gasteiger partial charge >= 0.3 is 126 Å². The number of rotatable bonds is 10. The molecule has 0 aliphatic carbocycles. The fourth-order valence-corrected chi connectivity index (χ4v) is 12.7. The summed E-state index contributed by atoms with van der Waals surface area (Å²) in [6.45, 7) is 17.2. The van der Waals surface area contributed by atoms with Crippen LogP contribution >= 0.6 is 0 Å². The molecule has 0 saturated carbocycles. The van der Waals surface area contributed by atoms with E-state index in [0.29, 0.717) is 12.2 Å². The van der Waals surface area contributed by atoms with Gasteiger partial charge in [0, 0.05) is 0 Å². The van der Waals surface area contributed by atoms with Crippen molar-refractivity contribution in [2.24, 2.45) is 0 Å². The summed E-state index contributed by atoms with van der Waals surface area (Å²) in [7, 11) is -3.44. The normalized spacial score (nSPS) is 13.1. The molecule has 0 N–H and O–H groups in total. The number of esters is 1. The standard InChI is InChI=1S/C15H33O3Si2/c1-8-9-12-19(4,5)18-20(6,7)13-10-11-17-15(16)14(2)3/h19H,2,8-13H2,1,3-7H3/q-1. The van der Waals surface area contributed by atoms with Crippen LogP contribution in [0.15, 0.2) is 12.2 Å². The van der Waals surface area contributed by atoms with Crippen LogP contribution in [0.25, 0.3) is 0 Å². The van der Waals surface area contributed by atoms with Gasteiger partial charge < -0.3 is 0 Å². The first kappa shape index (κ1) is 19.6. The maximum absolute atomic E-state index is 11.3. The van der Waals surface area contributed by atoms with Crippen molar-refractivity contribution in [2.75, 3.05) is 6.61 Å². The average Bonchev–Trinajstić information content (AvgIpc) is 2.30. The molecule has 0 atom stereocenters. The van der Waals surface area contributed by atoms with E-state index < -0.39 is 16.6 Å². The number of ether oxygens (including phenoxy) is 1. The van der Waals surface area contributed by atoms with Crippen LogP contribution in [0.2, 0.25) is 38.3 Å². The molecule has 0 amide bonds. The fourth-order valence-electron chi connectivity index (χ4n) is 2.46. The third kappa shape index (κ3) is 9.50. The molecular weight excluding hydrogens is 284 g/mol. The summed E-state index contributed by atoms with van der Waals surface area (Å²) >= 11 is 0. The molecule has 0 rings (SSSR count). The molecule has 0 aromatic rings. The van der Waals surface area contributed by atoms with Gasteiger partial charge in [0.05, 0.1) is 0 Å². The summed E-state index contributed by atoms with van der Waals surface area (Å²) in [5.74, 6) is -0.287. The van der Waals surface area contributed by atoms with Crippen molar-refractivity contribution in [2.45, 2.75) is 71.4 Å². The van der Waals surface area contributed by atoms with Gasteiger partial charge in [0.25, 0.3) is 0 Å². The van der Waals surface area contributed by atoms with E-state index in [-0.39, 0.29) is 5.97 Å². The van der Waals surface area contributed by atoms with Crippen LogP contribution in [0.4, 0.5) is 0 Å². The topological polar surface area (TPSA) is 35.5 Å². The Labute approximate surface area is 127 Å². The number of carbonyl (C=O) groups excluding carboxylic acids is 1. The second-order valence-electron chi connectivity index (χ2n) is 7.07. The molecule has 0 aromatic carbocycles. The van der Waals surface area contributed by atoms with Crippen molar-refractivity contribution in [3.63, 3.8) is 0 Å². The van der Waals surface area contributed by atoms with Crippen LogP contribution in [0, 0.1) is 0 Å². The molecule has 0 radical (unpaired) electrons. The van der Waals surface area contributed by atoms with Gasteiger partial charge in [-0.15, -0.1) is 0 Å². The van der Waals surface area contributed by atoms with E-state index in [1.54, 1.807) is 6.92 Å². The van der Waals surface area contributed by atoms with Crippen LogP contribution in [0.3, 0.4) is 0 Å². The Bertz CT molecular complexity index is 325. The van der Waals surface area contributed by atoms with Gasteiger partial charge in [0.2, 0.25) is 0 Å². The van der Waals surface area contributed by atoms with E-state index in [1.807, 2.05) is 0 Å². The first-order valence-electron chi connectivity index (χ1n) is 7.86. The van der Waals surface area contributed by atoms with Crippen LogP contribution < -0.4 is 0 Å². The number of unbranched alkanes of at least 4 members (excludes halogenated alkanes) is 1. The molecule has 0 unspecified atom stereocenters. The van der Waals surface area contributed by atoms with Crippen LogP contribution in [-0.4, -0.2) is 29.2 Å². The van der Waals surface area contributed by atoms with Gasteiger partial charge in [-0.25, -0.2) is 0 Å². The number of hydrogen-bond acceptors (Lipinski definition) is 3. The third-order valence-corrected chi connectivity index (χ3v) is 11.9. The monoisotopic (exact) mass is 317 g/mol. The molecule has 0 heterocycles. The Kier molecular flexibility index (Phi) is 8.62. The first-order chi connectivity index (χ1) is 9.09. The molecule has 0 aliphatic heterocycles. The second-order valence-corrected chi connectivity index (χ2v) is 16.7. The van der Waals surface area contributed by atoms with Crippen molar-refractivity contribution in [1.29, 1.82) is 0 Å². The minimum absolute atomic E-state index is 0.287. The van der Waals surface area contributed by atoms with Gasteiger partial charge in [0.1, 0.15) is 0 Å². The summed E-state index contributed by atoms with van der Waals surface area (Å²) in [4.78, 5) is 11.3. The summed E-state index contributed by atoms with van der Waals surface area (Å²) in [6, 6.07) is 2.32. The van der Waals surface area contributed by atoms with Crippen LogP contribution in [0.5, 0.6) is 0 Å². The zero-order valence-corrected chi connectivity index (χ0v) is 16.4. The molecule has 5 heteroatoms. The molecule has 120 valence electrons. The second kappa shape index (κ2) is 8.79. The van der Waals surface area contributed by atoms with Gasteiger partial charge in [-0.3, -0.25) is 0 Å². The maximum atomic E-state index is 11.3. The Morgan fingerprint density at radius 1 is 1.25 bits per heavy atom. The van der Waals surface area contributed by atoms with Gasteiger partial charge in [0.15, 0.2) is 0 Å². The molecule has 0 fully saturated rings. The van der Waals surface area contributed by atoms with Crippen molar-refractivity contribution in [3.05, 3.63) is 12.2 Å². The first-order valence-corrected chi connectivity index (χ1v) is 14.6. The fraction of sp³-hybridized carbons (Fsp3) is 0.800. The van der Waals surface area contributed by atoms with E-state index in [9.17, 15) is 4.79 Å². The zero-order valence-electron chi connectivity index (χ0n) is 14.3. The molecule has 0 bridgehead atoms. The van der Waals surface area contributed by atoms with Gasteiger partial charge in [-0.1, -0.05) is 0 Å². The molecule has 20 heavy (non-hydrogen) atoms. The molecule has 0 aliphatic rings. The molecule has 0 saturated heterocycles. The zero-order chi connectivity index (χ0) is 15.8. The Balaban J connectivity index is 4.06. The molecule has 0 aromatic heterocycles. The third-order valence-electron chi connectivity index (χ3n) is 3.40. The average molecular weight is 318 g/mol. The Morgan fingerprint density at radius 2 is 1.85 bits per heavy atom. The molecule has 3 nitrogen and oxygen atoms in total. The van der Waals surface area contributed by atoms with Crippen LogP contribution in [0.1, 0.15) is 33.1 Å². The van der Waals surface area contributed by atoms with Crippen molar-refractivity contribution >= 4 is 22.6 Å². The molecular formula is C15H33O3Si2-. The van der Waals surface area contributed by atoms with Crippen LogP contribution in [-0.2, 0) is 13.6 Å². The Hall–Kier alpha value is -0.396. The van der Waals surface area contributed by atoms with Crippen molar-refractivity contribution in [1.82, 2.24) is 0 Å². The summed E-state index contributed by atoms with van der Waals surface area (Å²) in [5.41, 5.74) is 0.465. The minimum atomic E-state index is -1.82. The summed E-state index contributed by atoms with van der Waals surface area (Å²) < 4.78 is 11.7. The van der Waals surface area contributed by atoms with Gasteiger partial charge in [-0.05, 0) is 0 Å². The number of hydrogen-bond donors (Lipinski definition) is 0. The summed E-state index contributed by atoms with van der Waals surface area (Å²) in [5, 5.41) is 0. The molecule has 0 spiro atoms. The van der Waals surface area contributed by atoms with Crippen molar-refractivity contribution < 1.29 is 13.6 Å². The van der Waals surface area contributed by atoms with E-state index in [2.05, 4.69) is 39.7 Å².